The molecule has 7 rings (SSSR count). The van der Waals surface area contributed by atoms with Gasteiger partial charge in [-0.15, -0.1) is 0 Å². The molecule has 3 aliphatic rings. The molecule has 0 aromatic heterocycles. The fourth-order valence-corrected chi connectivity index (χ4v) is 5.63. The summed E-state index contributed by atoms with van der Waals surface area (Å²) in [6.07, 6.45) is 4.50. The molecular weight excluding hydrogens is 401 g/mol. The van der Waals surface area contributed by atoms with Crippen molar-refractivity contribution in [3.63, 3.8) is 0 Å². The molecule has 0 amide bonds. The number of anilines is 3. The van der Waals surface area contributed by atoms with Gasteiger partial charge in [0.1, 0.15) is 11.5 Å². The zero-order valence-electron chi connectivity index (χ0n) is 19.1. The first-order chi connectivity index (χ1) is 16.0. The molecule has 3 heteroatoms. The topological polar surface area (TPSA) is 12.5 Å². The van der Waals surface area contributed by atoms with Crippen LogP contribution in [0.15, 0.2) is 78.9 Å². The molecule has 0 fully saturated rings. The second-order valence-electron chi connectivity index (χ2n) is 10.2. The maximum absolute atomic E-state index is 6.52. The number of hydrogen-bond acceptors (Lipinski definition) is 2. The van der Waals surface area contributed by atoms with Gasteiger partial charge in [-0.2, -0.15) is 0 Å². The van der Waals surface area contributed by atoms with Gasteiger partial charge in [0.25, 0.3) is 6.71 Å². The minimum absolute atomic E-state index is 0.0742. The summed E-state index contributed by atoms with van der Waals surface area (Å²) in [4.78, 5) is 2.44. The summed E-state index contributed by atoms with van der Waals surface area (Å²) in [5.74, 6) is 1.92. The first-order valence-electron chi connectivity index (χ1n) is 11.7. The van der Waals surface area contributed by atoms with E-state index in [4.69, 9.17) is 4.74 Å². The molecule has 4 aromatic rings. The van der Waals surface area contributed by atoms with Crippen molar-refractivity contribution in [1.29, 1.82) is 0 Å². The van der Waals surface area contributed by atoms with Crippen LogP contribution in [0.4, 0.5) is 17.1 Å². The van der Waals surface area contributed by atoms with Crippen molar-refractivity contribution < 1.29 is 4.74 Å². The molecular formula is C30H24BNO. The van der Waals surface area contributed by atoms with Crippen LogP contribution in [0.5, 0.6) is 11.5 Å². The summed E-state index contributed by atoms with van der Waals surface area (Å²) in [5, 5.41) is 0. The van der Waals surface area contributed by atoms with Crippen LogP contribution in [0, 0.1) is 0 Å². The molecule has 0 unspecified atom stereocenters. The van der Waals surface area contributed by atoms with Gasteiger partial charge >= 0.3 is 0 Å². The Labute approximate surface area is 195 Å². The molecule has 0 bridgehead atoms. The number of benzene rings is 4. The molecule has 0 saturated heterocycles. The Balaban J connectivity index is 1.58. The molecule has 0 saturated carbocycles. The van der Waals surface area contributed by atoms with Gasteiger partial charge in [-0.3, -0.25) is 0 Å². The van der Waals surface area contributed by atoms with Gasteiger partial charge in [0.2, 0.25) is 0 Å². The van der Waals surface area contributed by atoms with E-state index in [9.17, 15) is 0 Å². The highest BCUT2D eigenvalue weighted by atomic mass is 16.5. The van der Waals surface area contributed by atoms with Gasteiger partial charge in [0.15, 0.2) is 0 Å². The zero-order chi connectivity index (χ0) is 22.3. The molecule has 158 valence electrons. The van der Waals surface area contributed by atoms with Crippen molar-refractivity contribution in [3.05, 3.63) is 95.6 Å². The predicted octanol–water partition coefficient (Wildman–Crippen LogP) is 5.87. The Bertz CT molecular complexity index is 1490. The van der Waals surface area contributed by atoms with E-state index < -0.39 is 0 Å². The Kier molecular flexibility index (Phi) is 3.66. The summed E-state index contributed by atoms with van der Waals surface area (Å²) < 4.78 is 6.52. The van der Waals surface area contributed by atoms with Crippen LogP contribution < -0.4 is 26.0 Å². The summed E-state index contributed by atoms with van der Waals surface area (Å²) in [5.41, 5.74) is 11.4. The lowest BCUT2D eigenvalue weighted by Gasteiger charge is -2.41. The molecule has 0 spiro atoms. The van der Waals surface area contributed by atoms with Crippen molar-refractivity contribution in [2.75, 3.05) is 4.90 Å². The van der Waals surface area contributed by atoms with Crippen molar-refractivity contribution in [2.45, 2.75) is 26.2 Å². The number of fused-ring (bicyclic) bond motifs is 6. The van der Waals surface area contributed by atoms with E-state index in [0.717, 1.165) is 11.5 Å². The van der Waals surface area contributed by atoms with Crippen molar-refractivity contribution in [1.82, 2.24) is 0 Å². The fraction of sp³-hybridized carbons (Fsp3) is 0.133. The SMILES string of the molecule is CC(C)(C)c1ccc2c(c1)B1c3cccc4c3N(c3ccccc3C=C4)c3cccc(c31)O2. The molecule has 33 heavy (non-hydrogen) atoms. The van der Waals surface area contributed by atoms with Crippen LogP contribution >= 0.6 is 0 Å². The van der Waals surface area contributed by atoms with E-state index in [0.29, 0.717) is 0 Å². The van der Waals surface area contributed by atoms with E-state index in [1.165, 1.54) is 50.1 Å². The average molecular weight is 425 g/mol. The van der Waals surface area contributed by atoms with Crippen LogP contribution in [0.25, 0.3) is 12.2 Å². The van der Waals surface area contributed by atoms with E-state index in [1.54, 1.807) is 0 Å². The minimum Gasteiger partial charge on any atom is -0.458 e. The maximum atomic E-state index is 6.52. The monoisotopic (exact) mass is 425 g/mol. The van der Waals surface area contributed by atoms with Gasteiger partial charge in [0, 0.05) is 11.4 Å². The number of rotatable bonds is 0. The molecule has 0 aliphatic carbocycles. The summed E-state index contributed by atoms with van der Waals surface area (Å²) >= 11 is 0. The fourth-order valence-electron chi connectivity index (χ4n) is 5.63. The van der Waals surface area contributed by atoms with Crippen molar-refractivity contribution in [3.8, 4) is 11.5 Å². The standard InChI is InChI=1S/C30H24BNO/c1-30(2,3)21-16-17-26-23(18-21)31-22-10-6-9-20-15-14-19-8-4-5-11-24(19)32(29(20)22)25-12-7-13-27(33-26)28(25)31/h4-18H,1-3H3. The molecule has 0 radical (unpaired) electrons. The quantitative estimate of drug-likeness (QED) is 0.282. The maximum Gasteiger partial charge on any atom is 0.256 e. The lowest BCUT2D eigenvalue weighted by Crippen LogP contribution is -2.59. The Morgan fingerprint density at radius 3 is 2.33 bits per heavy atom. The highest BCUT2D eigenvalue weighted by Gasteiger charge is 2.43. The predicted molar refractivity (Wildman–Crippen MR) is 140 cm³/mol. The van der Waals surface area contributed by atoms with Crippen LogP contribution in [0.1, 0.15) is 37.5 Å². The third kappa shape index (κ3) is 2.57. The molecule has 4 aromatic carbocycles. The van der Waals surface area contributed by atoms with Crippen LogP contribution in [-0.2, 0) is 5.41 Å². The summed E-state index contributed by atoms with van der Waals surface area (Å²) in [6, 6.07) is 28.6. The van der Waals surface area contributed by atoms with Gasteiger partial charge in [-0.05, 0) is 62.8 Å². The van der Waals surface area contributed by atoms with E-state index in [2.05, 4.69) is 117 Å². The Hall–Kier alpha value is -3.72. The third-order valence-corrected chi connectivity index (χ3v) is 7.23. The summed E-state index contributed by atoms with van der Waals surface area (Å²) in [6.45, 7) is 6.97. The van der Waals surface area contributed by atoms with Crippen molar-refractivity contribution in [2.24, 2.45) is 0 Å². The highest BCUT2D eigenvalue weighted by molar-refractivity contribution is 6.99. The molecule has 0 N–H and O–H groups in total. The minimum atomic E-state index is 0.0742. The number of ether oxygens (including phenoxy) is 1. The zero-order valence-corrected chi connectivity index (χ0v) is 19.1. The normalized spacial score (nSPS) is 14.5. The van der Waals surface area contributed by atoms with Gasteiger partial charge < -0.3 is 9.64 Å². The van der Waals surface area contributed by atoms with Gasteiger partial charge in [-0.25, -0.2) is 0 Å². The second kappa shape index (κ2) is 6.42. The number of para-hydroxylation sites is 2. The summed E-state index contributed by atoms with van der Waals surface area (Å²) in [7, 11) is 0. The van der Waals surface area contributed by atoms with E-state index in [1.807, 2.05) is 0 Å². The van der Waals surface area contributed by atoms with Gasteiger partial charge in [0.05, 0.1) is 5.69 Å². The number of nitrogens with zero attached hydrogens (tertiary/aromatic N) is 1. The lowest BCUT2D eigenvalue weighted by atomic mass is 9.34. The van der Waals surface area contributed by atoms with Crippen molar-refractivity contribution >= 4 is 52.3 Å². The van der Waals surface area contributed by atoms with E-state index >= 15 is 0 Å². The van der Waals surface area contributed by atoms with Gasteiger partial charge in [-0.1, -0.05) is 87.5 Å². The lowest BCUT2D eigenvalue weighted by molar-refractivity contribution is 0.486. The van der Waals surface area contributed by atoms with Crippen LogP contribution in [0.2, 0.25) is 0 Å². The third-order valence-electron chi connectivity index (χ3n) is 7.23. The molecule has 3 heterocycles. The van der Waals surface area contributed by atoms with E-state index in [-0.39, 0.29) is 12.1 Å². The first-order valence-corrected chi connectivity index (χ1v) is 11.7. The second-order valence-corrected chi connectivity index (χ2v) is 10.2. The Morgan fingerprint density at radius 1 is 0.697 bits per heavy atom. The number of hydrogen-bond donors (Lipinski definition) is 0. The largest absolute Gasteiger partial charge is 0.458 e. The first kappa shape index (κ1) is 18.8. The molecule has 2 nitrogen and oxygen atoms in total. The van der Waals surface area contributed by atoms with Crippen LogP contribution in [0.3, 0.4) is 0 Å². The smallest absolute Gasteiger partial charge is 0.256 e. The highest BCUT2D eigenvalue weighted by Crippen LogP contribution is 2.45. The average Bonchev–Trinajstić information content (AvgIpc) is 2.98. The van der Waals surface area contributed by atoms with Crippen LogP contribution in [-0.4, -0.2) is 6.71 Å². The molecule has 0 atom stereocenters. The Morgan fingerprint density at radius 2 is 1.45 bits per heavy atom. The molecule has 3 aliphatic heterocycles.